The van der Waals surface area contributed by atoms with Crippen LogP contribution in [0.4, 0.5) is 0 Å². The van der Waals surface area contributed by atoms with E-state index in [4.69, 9.17) is 4.74 Å². The average Bonchev–Trinajstić information content (AvgIpc) is 2.66. The monoisotopic (exact) mass is 238 g/mol. The van der Waals surface area contributed by atoms with E-state index >= 15 is 0 Å². The van der Waals surface area contributed by atoms with Gasteiger partial charge in [0.05, 0.1) is 6.42 Å². The maximum Gasteiger partial charge on any atom is 0.140 e. The van der Waals surface area contributed by atoms with E-state index in [1.807, 2.05) is 13.1 Å². The second-order valence-corrected chi connectivity index (χ2v) is 4.52. The molecule has 17 heavy (non-hydrogen) atoms. The smallest absolute Gasteiger partial charge is 0.140 e. The number of carbonyl (C=O) groups excluding carboxylic acids is 1. The maximum absolute atomic E-state index is 11.8. The first kappa shape index (κ1) is 13.9. The lowest BCUT2D eigenvalue weighted by molar-refractivity contribution is -0.119. The van der Waals surface area contributed by atoms with Gasteiger partial charge in [-0.05, 0) is 12.3 Å². The van der Waals surface area contributed by atoms with Gasteiger partial charge in [-0.3, -0.25) is 4.79 Å². The Morgan fingerprint density at radius 1 is 1.59 bits per heavy atom. The van der Waals surface area contributed by atoms with Crippen molar-refractivity contribution < 1.29 is 9.53 Å². The number of ether oxygens (including phenoxy) is 1. The number of aryl methyl sites for hydroxylation is 1. The zero-order valence-electron chi connectivity index (χ0n) is 11.0. The summed E-state index contributed by atoms with van der Waals surface area (Å²) in [6, 6.07) is 0. The molecule has 0 spiro atoms. The lowest BCUT2D eigenvalue weighted by Gasteiger charge is -2.09. The summed E-state index contributed by atoms with van der Waals surface area (Å²) >= 11 is 0. The highest BCUT2D eigenvalue weighted by molar-refractivity contribution is 5.80. The summed E-state index contributed by atoms with van der Waals surface area (Å²) in [6.45, 7) is 5.71. The lowest BCUT2D eigenvalue weighted by atomic mass is 10.0. The SMILES string of the molecule is CCCn1ccnc1CC(=O)CC(C)COC. The zero-order valence-corrected chi connectivity index (χ0v) is 11.0. The van der Waals surface area contributed by atoms with Crippen LogP contribution in [-0.4, -0.2) is 29.1 Å². The molecule has 0 amide bonds. The molecule has 1 rings (SSSR count). The number of methoxy groups -OCH3 is 1. The van der Waals surface area contributed by atoms with Gasteiger partial charge in [0.2, 0.25) is 0 Å². The first-order valence-electron chi connectivity index (χ1n) is 6.18. The number of aromatic nitrogens is 2. The van der Waals surface area contributed by atoms with Crippen LogP contribution in [0.2, 0.25) is 0 Å². The summed E-state index contributed by atoms with van der Waals surface area (Å²) in [5.41, 5.74) is 0. The summed E-state index contributed by atoms with van der Waals surface area (Å²) in [5.74, 6) is 1.39. The van der Waals surface area contributed by atoms with Crippen molar-refractivity contribution in [1.29, 1.82) is 0 Å². The van der Waals surface area contributed by atoms with E-state index in [-0.39, 0.29) is 11.7 Å². The molecule has 0 N–H and O–H groups in total. The van der Waals surface area contributed by atoms with Gasteiger partial charge >= 0.3 is 0 Å². The molecule has 0 aliphatic heterocycles. The van der Waals surface area contributed by atoms with Gasteiger partial charge in [0, 0.05) is 39.1 Å². The Labute approximate surface area is 103 Å². The number of imidazole rings is 1. The van der Waals surface area contributed by atoms with Gasteiger partial charge in [0.1, 0.15) is 11.6 Å². The Morgan fingerprint density at radius 2 is 2.35 bits per heavy atom. The summed E-state index contributed by atoms with van der Waals surface area (Å²) in [5, 5.41) is 0. The Hall–Kier alpha value is -1.16. The van der Waals surface area contributed by atoms with Gasteiger partial charge < -0.3 is 9.30 Å². The lowest BCUT2D eigenvalue weighted by Crippen LogP contribution is -2.15. The molecule has 1 aromatic rings. The molecule has 0 aromatic carbocycles. The summed E-state index contributed by atoms with van der Waals surface area (Å²) in [4.78, 5) is 16.1. The fourth-order valence-electron chi connectivity index (χ4n) is 1.93. The van der Waals surface area contributed by atoms with Crippen LogP contribution >= 0.6 is 0 Å². The van der Waals surface area contributed by atoms with Crippen LogP contribution in [0.1, 0.15) is 32.5 Å². The number of Topliss-reactive ketones (excluding diaryl/α,β-unsaturated/α-hetero) is 1. The van der Waals surface area contributed by atoms with Gasteiger partial charge in [-0.1, -0.05) is 13.8 Å². The molecule has 4 heteroatoms. The first-order chi connectivity index (χ1) is 8.17. The highest BCUT2D eigenvalue weighted by Gasteiger charge is 2.12. The predicted molar refractivity (Wildman–Crippen MR) is 66.9 cm³/mol. The molecule has 96 valence electrons. The highest BCUT2D eigenvalue weighted by atomic mass is 16.5. The topological polar surface area (TPSA) is 44.1 Å². The summed E-state index contributed by atoms with van der Waals surface area (Å²) in [6.07, 6.45) is 5.74. The maximum atomic E-state index is 11.8. The number of hydrogen-bond acceptors (Lipinski definition) is 3. The van der Waals surface area contributed by atoms with E-state index in [1.165, 1.54) is 0 Å². The van der Waals surface area contributed by atoms with Gasteiger partial charge in [0.25, 0.3) is 0 Å². The Balaban J connectivity index is 2.47. The molecule has 1 aromatic heterocycles. The first-order valence-corrected chi connectivity index (χ1v) is 6.18. The minimum Gasteiger partial charge on any atom is -0.384 e. The Kier molecular flexibility index (Phi) is 5.91. The molecule has 1 atom stereocenters. The van der Waals surface area contributed by atoms with Crippen LogP contribution in [0.15, 0.2) is 12.4 Å². The molecule has 4 nitrogen and oxygen atoms in total. The van der Waals surface area contributed by atoms with Gasteiger partial charge in [-0.25, -0.2) is 4.98 Å². The zero-order chi connectivity index (χ0) is 12.7. The van der Waals surface area contributed by atoms with Gasteiger partial charge in [-0.15, -0.1) is 0 Å². The minimum absolute atomic E-state index is 0.234. The highest BCUT2D eigenvalue weighted by Crippen LogP contribution is 2.07. The van der Waals surface area contributed by atoms with Crippen LogP contribution in [0.3, 0.4) is 0 Å². The third-order valence-corrected chi connectivity index (χ3v) is 2.65. The molecule has 0 aliphatic carbocycles. The van der Waals surface area contributed by atoms with E-state index < -0.39 is 0 Å². The van der Waals surface area contributed by atoms with E-state index in [0.717, 1.165) is 18.8 Å². The van der Waals surface area contributed by atoms with Crippen LogP contribution in [0.25, 0.3) is 0 Å². The van der Waals surface area contributed by atoms with E-state index in [0.29, 0.717) is 19.4 Å². The molecule has 0 bridgehead atoms. The predicted octanol–water partition coefficient (Wildman–Crippen LogP) is 2.08. The molecule has 0 fully saturated rings. The second-order valence-electron chi connectivity index (χ2n) is 4.52. The van der Waals surface area contributed by atoms with E-state index in [2.05, 4.69) is 16.5 Å². The van der Waals surface area contributed by atoms with Crippen molar-refractivity contribution in [2.24, 2.45) is 5.92 Å². The van der Waals surface area contributed by atoms with Crippen molar-refractivity contribution in [3.8, 4) is 0 Å². The molecular weight excluding hydrogens is 216 g/mol. The van der Waals surface area contributed by atoms with Gasteiger partial charge in [-0.2, -0.15) is 0 Å². The quantitative estimate of drug-likeness (QED) is 0.696. The molecule has 0 aliphatic rings. The Morgan fingerprint density at radius 3 is 3.00 bits per heavy atom. The van der Waals surface area contributed by atoms with E-state index in [1.54, 1.807) is 13.3 Å². The molecule has 0 saturated heterocycles. The molecular formula is C13H22N2O2. The fourth-order valence-corrected chi connectivity index (χ4v) is 1.93. The largest absolute Gasteiger partial charge is 0.384 e. The number of ketones is 1. The Bertz CT molecular complexity index is 347. The average molecular weight is 238 g/mol. The number of carbonyl (C=O) groups is 1. The van der Waals surface area contributed by atoms with Crippen molar-refractivity contribution in [2.45, 2.75) is 39.7 Å². The number of nitrogens with zero attached hydrogens (tertiary/aromatic N) is 2. The normalized spacial score (nSPS) is 12.6. The van der Waals surface area contributed by atoms with Crippen LogP contribution < -0.4 is 0 Å². The number of rotatable bonds is 8. The van der Waals surface area contributed by atoms with Crippen molar-refractivity contribution >= 4 is 5.78 Å². The third-order valence-electron chi connectivity index (χ3n) is 2.65. The van der Waals surface area contributed by atoms with Gasteiger partial charge in [0.15, 0.2) is 0 Å². The van der Waals surface area contributed by atoms with Crippen molar-refractivity contribution in [3.05, 3.63) is 18.2 Å². The second kappa shape index (κ2) is 7.22. The molecule has 0 saturated carbocycles. The van der Waals surface area contributed by atoms with Crippen LogP contribution in [0, 0.1) is 5.92 Å². The number of hydrogen-bond donors (Lipinski definition) is 0. The minimum atomic E-state index is 0.234. The summed E-state index contributed by atoms with van der Waals surface area (Å²) < 4.78 is 7.08. The van der Waals surface area contributed by atoms with Crippen molar-refractivity contribution in [1.82, 2.24) is 9.55 Å². The van der Waals surface area contributed by atoms with Crippen molar-refractivity contribution in [3.63, 3.8) is 0 Å². The summed E-state index contributed by atoms with van der Waals surface area (Å²) in [7, 11) is 1.66. The van der Waals surface area contributed by atoms with Crippen LogP contribution in [0.5, 0.6) is 0 Å². The molecule has 0 radical (unpaired) electrons. The molecule has 1 heterocycles. The third kappa shape index (κ3) is 4.69. The van der Waals surface area contributed by atoms with Crippen molar-refractivity contribution in [2.75, 3.05) is 13.7 Å². The molecule has 1 unspecified atom stereocenters. The van der Waals surface area contributed by atoms with Crippen LogP contribution in [-0.2, 0) is 22.5 Å². The fraction of sp³-hybridized carbons (Fsp3) is 0.692. The van der Waals surface area contributed by atoms with E-state index in [9.17, 15) is 4.79 Å². The standard InChI is InChI=1S/C13H22N2O2/c1-4-6-15-7-5-14-13(15)9-12(16)8-11(2)10-17-3/h5,7,11H,4,6,8-10H2,1-3H3.